The van der Waals surface area contributed by atoms with Crippen LogP contribution in [0.2, 0.25) is 0 Å². The van der Waals surface area contributed by atoms with Crippen LogP contribution in [-0.4, -0.2) is 23.5 Å². The first-order valence-electron chi connectivity index (χ1n) is 6.83. The van der Waals surface area contributed by atoms with E-state index in [1.54, 1.807) is 0 Å². The molecular weight excluding hydrogens is 252 g/mol. The minimum Gasteiger partial charge on any atom is -0.494 e. The monoisotopic (exact) mass is 272 g/mol. The van der Waals surface area contributed by atoms with Crippen molar-refractivity contribution in [2.24, 2.45) is 0 Å². The molecule has 4 heteroatoms. The van der Waals surface area contributed by atoms with Gasteiger partial charge in [-0.2, -0.15) is 0 Å². The summed E-state index contributed by atoms with van der Waals surface area (Å²) < 4.78 is 5.69. The maximum Gasteiger partial charge on any atom is 0.217 e. The minimum absolute atomic E-state index is 0.0112. The maximum absolute atomic E-state index is 10.9. The highest BCUT2D eigenvalue weighted by Gasteiger charge is 2.09. The minimum atomic E-state index is -0.0112. The largest absolute Gasteiger partial charge is 0.494 e. The molecule has 0 aliphatic heterocycles. The smallest absolute Gasteiger partial charge is 0.217 e. The summed E-state index contributed by atoms with van der Waals surface area (Å²) in [6.45, 7) is 4.16. The van der Waals surface area contributed by atoms with Crippen LogP contribution in [0.25, 0.3) is 0 Å². The predicted octanol–water partition coefficient (Wildman–Crippen LogP) is 2.30. The fraction of sp³-hybridized carbons (Fsp3) is 0.375. The van der Waals surface area contributed by atoms with Crippen LogP contribution in [0.15, 0.2) is 42.3 Å². The van der Waals surface area contributed by atoms with Gasteiger partial charge in [-0.1, -0.05) is 12.1 Å². The fourth-order valence-corrected chi connectivity index (χ4v) is 2.00. The van der Waals surface area contributed by atoms with Crippen molar-refractivity contribution in [1.82, 2.24) is 10.3 Å². The first-order chi connectivity index (χ1) is 9.63. The average Bonchev–Trinajstić information content (AvgIpc) is 2.42. The Morgan fingerprint density at radius 1 is 1.50 bits per heavy atom. The second-order valence-electron chi connectivity index (χ2n) is 4.93. The zero-order valence-electron chi connectivity index (χ0n) is 11.9. The van der Waals surface area contributed by atoms with Gasteiger partial charge in [-0.15, -0.1) is 0 Å². The van der Waals surface area contributed by atoms with E-state index in [4.69, 9.17) is 4.74 Å². The Kier molecular flexibility index (Phi) is 4.93. The van der Waals surface area contributed by atoms with Gasteiger partial charge in [0.05, 0.1) is 12.6 Å². The Labute approximate surface area is 119 Å². The molecule has 2 rings (SSSR count). The molecule has 1 unspecified atom stereocenters. The number of hydrogen-bond acceptors (Lipinski definition) is 3. The van der Waals surface area contributed by atoms with Crippen LogP contribution in [0.1, 0.15) is 24.6 Å². The van der Waals surface area contributed by atoms with Crippen LogP contribution >= 0.6 is 0 Å². The molecule has 0 bridgehead atoms. The van der Waals surface area contributed by atoms with Crippen molar-refractivity contribution in [3.63, 3.8) is 0 Å². The van der Waals surface area contributed by atoms with E-state index in [9.17, 15) is 4.79 Å². The second-order valence-corrected chi connectivity index (χ2v) is 4.93. The number of nitrogens with zero attached hydrogens (tertiary/aromatic N) is 1. The van der Waals surface area contributed by atoms with E-state index in [1.807, 2.05) is 37.4 Å². The Bertz CT molecular complexity index is 518. The third kappa shape index (κ3) is 4.53. The molecule has 1 aliphatic rings. The number of allylic oxidation sites excluding steroid dienone is 1. The topological polar surface area (TPSA) is 51.2 Å². The number of aryl methyl sites for hydroxylation is 1. The standard InChI is InChI=1S/C16H20N2O2/c1-12-3-4-14(17-11-12)9-10-20-16-7-5-15(6-8-16)18-13(2)19/h3-5,7-8,11,15H,6,9-10H2,1-2H3,(H,18,19). The van der Waals surface area contributed by atoms with Gasteiger partial charge in [0, 0.05) is 25.2 Å². The maximum atomic E-state index is 10.9. The molecule has 0 saturated carbocycles. The van der Waals surface area contributed by atoms with Crippen molar-refractivity contribution in [3.8, 4) is 0 Å². The lowest BCUT2D eigenvalue weighted by molar-refractivity contribution is -0.119. The van der Waals surface area contributed by atoms with Crippen LogP contribution in [0.4, 0.5) is 0 Å². The summed E-state index contributed by atoms with van der Waals surface area (Å²) in [5.74, 6) is 0.849. The third-order valence-electron chi connectivity index (χ3n) is 3.05. The van der Waals surface area contributed by atoms with Crippen LogP contribution < -0.4 is 5.32 Å². The summed E-state index contributed by atoms with van der Waals surface area (Å²) in [5, 5.41) is 2.85. The van der Waals surface area contributed by atoms with Gasteiger partial charge in [0.1, 0.15) is 5.76 Å². The lowest BCUT2D eigenvalue weighted by atomic mass is 10.1. The van der Waals surface area contributed by atoms with Gasteiger partial charge in [-0.05, 0) is 37.1 Å². The highest BCUT2D eigenvalue weighted by Crippen LogP contribution is 2.12. The molecule has 0 spiro atoms. The Morgan fingerprint density at radius 3 is 2.95 bits per heavy atom. The predicted molar refractivity (Wildman–Crippen MR) is 78.1 cm³/mol. The van der Waals surface area contributed by atoms with E-state index < -0.39 is 0 Å². The van der Waals surface area contributed by atoms with E-state index in [2.05, 4.69) is 16.4 Å². The van der Waals surface area contributed by atoms with Crippen molar-refractivity contribution >= 4 is 5.91 Å². The first-order valence-corrected chi connectivity index (χ1v) is 6.83. The van der Waals surface area contributed by atoms with Crippen LogP contribution in [0, 0.1) is 6.92 Å². The summed E-state index contributed by atoms with van der Waals surface area (Å²) in [6, 6.07) is 4.16. The Hall–Kier alpha value is -2.10. The van der Waals surface area contributed by atoms with Gasteiger partial charge in [-0.25, -0.2) is 0 Å². The number of carbonyl (C=O) groups excluding carboxylic acids is 1. The van der Waals surface area contributed by atoms with E-state index in [0.717, 1.165) is 29.9 Å². The average molecular weight is 272 g/mol. The van der Waals surface area contributed by atoms with Gasteiger partial charge >= 0.3 is 0 Å². The molecule has 20 heavy (non-hydrogen) atoms. The van der Waals surface area contributed by atoms with Gasteiger partial charge in [0.15, 0.2) is 0 Å². The summed E-state index contributed by atoms with van der Waals surface area (Å²) in [6.07, 6.45) is 9.30. The number of ether oxygens (including phenoxy) is 1. The number of hydrogen-bond donors (Lipinski definition) is 1. The van der Waals surface area contributed by atoms with Crippen LogP contribution in [-0.2, 0) is 16.0 Å². The van der Waals surface area contributed by atoms with Crippen molar-refractivity contribution in [2.75, 3.05) is 6.61 Å². The number of nitrogens with one attached hydrogen (secondary N) is 1. The molecule has 1 amide bonds. The molecular formula is C16H20N2O2. The summed E-state index contributed by atoms with van der Waals surface area (Å²) in [5.41, 5.74) is 2.20. The number of aromatic nitrogens is 1. The van der Waals surface area contributed by atoms with Crippen molar-refractivity contribution in [2.45, 2.75) is 32.7 Å². The zero-order valence-corrected chi connectivity index (χ0v) is 11.9. The molecule has 1 N–H and O–H groups in total. The zero-order chi connectivity index (χ0) is 14.4. The van der Waals surface area contributed by atoms with E-state index in [1.165, 1.54) is 6.92 Å². The van der Waals surface area contributed by atoms with E-state index in [0.29, 0.717) is 6.61 Å². The summed E-state index contributed by atoms with van der Waals surface area (Å²) in [4.78, 5) is 15.3. The highest BCUT2D eigenvalue weighted by molar-refractivity contribution is 5.73. The molecule has 1 heterocycles. The van der Waals surface area contributed by atoms with Gasteiger partial charge in [-0.3, -0.25) is 9.78 Å². The van der Waals surface area contributed by atoms with Crippen molar-refractivity contribution in [1.29, 1.82) is 0 Å². The molecule has 4 nitrogen and oxygen atoms in total. The number of carbonyl (C=O) groups is 1. The van der Waals surface area contributed by atoms with Gasteiger partial charge in [0.2, 0.25) is 5.91 Å². The molecule has 0 aromatic carbocycles. The third-order valence-corrected chi connectivity index (χ3v) is 3.05. The van der Waals surface area contributed by atoms with Crippen LogP contribution in [0.3, 0.4) is 0 Å². The molecule has 0 saturated heterocycles. The van der Waals surface area contributed by atoms with Crippen molar-refractivity contribution < 1.29 is 9.53 Å². The molecule has 1 aliphatic carbocycles. The molecule has 0 fully saturated rings. The number of rotatable bonds is 5. The first kappa shape index (κ1) is 14.3. The lowest BCUT2D eigenvalue weighted by Gasteiger charge is -2.17. The van der Waals surface area contributed by atoms with Gasteiger partial charge < -0.3 is 10.1 Å². The van der Waals surface area contributed by atoms with E-state index in [-0.39, 0.29) is 11.9 Å². The normalized spacial score (nSPS) is 17.5. The number of amides is 1. The van der Waals surface area contributed by atoms with Gasteiger partial charge in [0.25, 0.3) is 0 Å². The molecule has 1 aromatic rings. The summed E-state index contributed by atoms with van der Waals surface area (Å²) >= 11 is 0. The second kappa shape index (κ2) is 6.89. The lowest BCUT2D eigenvalue weighted by Crippen LogP contribution is -2.31. The highest BCUT2D eigenvalue weighted by atomic mass is 16.5. The molecule has 1 aromatic heterocycles. The Balaban J connectivity index is 1.73. The quantitative estimate of drug-likeness (QED) is 0.894. The number of pyridine rings is 1. The molecule has 1 atom stereocenters. The Morgan fingerprint density at radius 2 is 2.35 bits per heavy atom. The SMILES string of the molecule is CC(=O)NC1C=CC(OCCc2ccc(C)cn2)=CC1. The molecule has 106 valence electrons. The molecule has 0 radical (unpaired) electrons. The van der Waals surface area contributed by atoms with E-state index >= 15 is 0 Å². The van der Waals surface area contributed by atoms with Crippen molar-refractivity contribution in [3.05, 3.63) is 53.6 Å². The fourth-order valence-electron chi connectivity index (χ4n) is 2.00. The summed E-state index contributed by atoms with van der Waals surface area (Å²) in [7, 11) is 0. The van der Waals surface area contributed by atoms with Crippen LogP contribution in [0.5, 0.6) is 0 Å².